The predicted molar refractivity (Wildman–Crippen MR) is 112 cm³/mol. The highest BCUT2D eigenvalue weighted by atomic mass is 32.2. The minimum atomic E-state index is -4.07. The van der Waals surface area contributed by atoms with Crippen LogP contribution in [0.15, 0.2) is 77.7 Å². The fraction of sp³-hybridized carbons (Fsp3) is 0.136. The number of aryl methyl sites for hydroxylation is 2. The van der Waals surface area contributed by atoms with E-state index in [-0.39, 0.29) is 4.90 Å². The Balaban J connectivity index is 1.91. The van der Waals surface area contributed by atoms with Crippen molar-refractivity contribution >= 4 is 27.3 Å². The van der Waals surface area contributed by atoms with E-state index in [0.717, 1.165) is 27.6 Å². The van der Waals surface area contributed by atoms with Gasteiger partial charge in [-0.2, -0.15) is 0 Å². The van der Waals surface area contributed by atoms with Crippen molar-refractivity contribution in [2.24, 2.45) is 0 Å². The SMILES string of the molecule is Cc1ccc(NC(=O)CN(c2ccccc2)S(=O)(=O)c2ccc(F)cc2)cc1C. The van der Waals surface area contributed by atoms with Crippen LogP contribution in [0.4, 0.5) is 15.8 Å². The lowest BCUT2D eigenvalue weighted by Crippen LogP contribution is -2.38. The van der Waals surface area contributed by atoms with Gasteiger partial charge in [0.25, 0.3) is 10.0 Å². The van der Waals surface area contributed by atoms with Gasteiger partial charge in [-0.25, -0.2) is 12.8 Å². The minimum Gasteiger partial charge on any atom is -0.325 e. The number of halogens is 1. The number of hydrogen-bond donors (Lipinski definition) is 1. The summed E-state index contributed by atoms with van der Waals surface area (Å²) < 4.78 is 40.6. The number of carbonyl (C=O) groups excluding carboxylic acids is 1. The summed E-state index contributed by atoms with van der Waals surface area (Å²) in [5.74, 6) is -1.02. The lowest BCUT2D eigenvalue weighted by atomic mass is 10.1. The van der Waals surface area contributed by atoms with E-state index in [1.807, 2.05) is 26.0 Å². The van der Waals surface area contributed by atoms with Crippen molar-refractivity contribution in [1.82, 2.24) is 0 Å². The molecule has 5 nitrogen and oxygen atoms in total. The van der Waals surface area contributed by atoms with Gasteiger partial charge in [0.2, 0.25) is 5.91 Å². The number of rotatable bonds is 6. The topological polar surface area (TPSA) is 66.5 Å². The summed E-state index contributed by atoms with van der Waals surface area (Å²) >= 11 is 0. The van der Waals surface area contributed by atoms with E-state index in [1.165, 1.54) is 12.1 Å². The zero-order valence-electron chi connectivity index (χ0n) is 16.1. The molecule has 0 aliphatic heterocycles. The molecule has 0 heterocycles. The molecule has 0 aromatic heterocycles. The predicted octanol–water partition coefficient (Wildman–Crippen LogP) is 4.28. The summed E-state index contributed by atoms with van der Waals surface area (Å²) in [6.45, 7) is 3.48. The normalized spacial score (nSPS) is 11.1. The number of carbonyl (C=O) groups is 1. The van der Waals surface area contributed by atoms with Crippen molar-refractivity contribution in [2.75, 3.05) is 16.2 Å². The zero-order chi connectivity index (χ0) is 21.0. The lowest BCUT2D eigenvalue weighted by molar-refractivity contribution is -0.114. The van der Waals surface area contributed by atoms with E-state index in [1.54, 1.807) is 36.4 Å². The molecule has 29 heavy (non-hydrogen) atoms. The van der Waals surface area contributed by atoms with Crippen molar-refractivity contribution < 1.29 is 17.6 Å². The Morgan fingerprint density at radius 3 is 2.21 bits per heavy atom. The number of amides is 1. The molecule has 3 rings (SSSR count). The smallest absolute Gasteiger partial charge is 0.264 e. The van der Waals surface area contributed by atoms with Gasteiger partial charge in [-0.3, -0.25) is 9.10 Å². The van der Waals surface area contributed by atoms with Crippen LogP contribution in [0.3, 0.4) is 0 Å². The van der Waals surface area contributed by atoms with Crippen LogP contribution in [0.2, 0.25) is 0 Å². The van der Waals surface area contributed by atoms with Gasteiger partial charge >= 0.3 is 0 Å². The molecule has 3 aromatic rings. The summed E-state index contributed by atoms with van der Waals surface area (Å²) in [6.07, 6.45) is 0. The Morgan fingerprint density at radius 1 is 0.931 bits per heavy atom. The third kappa shape index (κ3) is 4.81. The van der Waals surface area contributed by atoms with E-state index < -0.39 is 28.3 Å². The highest BCUT2D eigenvalue weighted by Crippen LogP contribution is 2.24. The first-order valence-corrected chi connectivity index (χ1v) is 10.4. The van der Waals surface area contributed by atoms with Crippen molar-refractivity contribution in [1.29, 1.82) is 0 Å². The van der Waals surface area contributed by atoms with E-state index in [4.69, 9.17) is 0 Å². The van der Waals surface area contributed by atoms with Gasteiger partial charge in [-0.1, -0.05) is 24.3 Å². The second-order valence-corrected chi connectivity index (χ2v) is 8.51. The molecule has 0 spiro atoms. The van der Waals surface area contributed by atoms with Gasteiger partial charge in [0.1, 0.15) is 12.4 Å². The van der Waals surface area contributed by atoms with E-state index in [0.29, 0.717) is 11.4 Å². The van der Waals surface area contributed by atoms with Crippen molar-refractivity contribution in [3.05, 3.63) is 89.7 Å². The molecule has 0 unspecified atom stereocenters. The number of benzene rings is 3. The standard InChI is InChI=1S/C22H21FN2O3S/c1-16-8-11-19(14-17(16)2)24-22(26)15-25(20-6-4-3-5-7-20)29(27,28)21-12-9-18(23)10-13-21/h3-14H,15H2,1-2H3,(H,24,26). The molecule has 1 amide bonds. The quantitative estimate of drug-likeness (QED) is 0.657. The van der Waals surface area contributed by atoms with Crippen molar-refractivity contribution in [2.45, 2.75) is 18.7 Å². The number of nitrogens with one attached hydrogen (secondary N) is 1. The highest BCUT2D eigenvalue weighted by Gasteiger charge is 2.27. The molecule has 0 aliphatic carbocycles. The highest BCUT2D eigenvalue weighted by molar-refractivity contribution is 7.92. The Kier molecular flexibility index (Phi) is 5.98. The first-order chi connectivity index (χ1) is 13.8. The van der Waals surface area contributed by atoms with Gasteiger partial charge in [-0.05, 0) is 73.5 Å². The van der Waals surface area contributed by atoms with Gasteiger partial charge in [0.15, 0.2) is 0 Å². The zero-order valence-corrected chi connectivity index (χ0v) is 16.9. The van der Waals surface area contributed by atoms with Crippen LogP contribution in [-0.4, -0.2) is 20.9 Å². The van der Waals surface area contributed by atoms with Crippen LogP contribution in [-0.2, 0) is 14.8 Å². The molecule has 1 N–H and O–H groups in total. The molecule has 150 valence electrons. The molecule has 3 aromatic carbocycles. The number of nitrogens with zero attached hydrogens (tertiary/aromatic N) is 1. The summed E-state index contributed by atoms with van der Waals surface area (Å²) in [4.78, 5) is 12.6. The molecule has 0 radical (unpaired) electrons. The molecular weight excluding hydrogens is 391 g/mol. The molecule has 0 atom stereocenters. The third-order valence-corrected chi connectivity index (χ3v) is 6.31. The van der Waals surface area contributed by atoms with Crippen LogP contribution >= 0.6 is 0 Å². The number of hydrogen-bond acceptors (Lipinski definition) is 3. The molecule has 0 aliphatic rings. The lowest BCUT2D eigenvalue weighted by Gasteiger charge is -2.24. The second kappa shape index (κ2) is 8.45. The molecule has 0 saturated heterocycles. The fourth-order valence-corrected chi connectivity index (χ4v) is 4.21. The third-order valence-electron chi connectivity index (χ3n) is 4.52. The maximum absolute atomic E-state index is 13.2. The largest absolute Gasteiger partial charge is 0.325 e. The Morgan fingerprint density at radius 2 is 1.59 bits per heavy atom. The average molecular weight is 412 g/mol. The second-order valence-electron chi connectivity index (χ2n) is 6.65. The maximum Gasteiger partial charge on any atom is 0.264 e. The summed E-state index contributed by atoms with van der Waals surface area (Å²) in [5.41, 5.74) is 3.03. The number of anilines is 2. The van der Waals surface area contributed by atoms with Gasteiger partial charge in [0.05, 0.1) is 10.6 Å². The Labute approximate surface area is 169 Å². The molecule has 0 saturated carbocycles. The van der Waals surface area contributed by atoms with Crippen LogP contribution in [0, 0.1) is 19.7 Å². The maximum atomic E-state index is 13.2. The Bertz CT molecular complexity index is 1110. The van der Waals surface area contributed by atoms with Crippen molar-refractivity contribution in [3.63, 3.8) is 0 Å². The number of sulfonamides is 1. The van der Waals surface area contributed by atoms with Crippen LogP contribution in [0.5, 0.6) is 0 Å². The summed E-state index contributed by atoms with van der Waals surface area (Å²) in [7, 11) is -4.07. The molecule has 0 bridgehead atoms. The summed E-state index contributed by atoms with van der Waals surface area (Å²) in [5, 5.41) is 2.74. The number of para-hydroxylation sites is 1. The van der Waals surface area contributed by atoms with Crippen LogP contribution in [0.25, 0.3) is 0 Å². The van der Waals surface area contributed by atoms with Gasteiger partial charge < -0.3 is 5.32 Å². The molecular formula is C22H21FN2O3S. The van der Waals surface area contributed by atoms with Crippen LogP contribution < -0.4 is 9.62 Å². The summed E-state index contributed by atoms with van der Waals surface area (Å²) in [6, 6.07) is 18.3. The Hall–Kier alpha value is -3.19. The van der Waals surface area contributed by atoms with Crippen molar-refractivity contribution in [3.8, 4) is 0 Å². The van der Waals surface area contributed by atoms with Crippen LogP contribution in [0.1, 0.15) is 11.1 Å². The van der Waals surface area contributed by atoms with Gasteiger partial charge in [0, 0.05) is 5.69 Å². The minimum absolute atomic E-state index is 0.0956. The fourth-order valence-electron chi connectivity index (χ4n) is 2.79. The van der Waals surface area contributed by atoms with Gasteiger partial charge in [-0.15, -0.1) is 0 Å². The average Bonchev–Trinajstić information content (AvgIpc) is 2.70. The monoisotopic (exact) mass is 412 g/mol. The van der Waals surface area contributed by atoms with E-state index in [9.17, 15) is 17.6 Å². The molecule has 7 heteroatoms. The van der Waals surface area contributed by atoms with E-state index in [2.05, 4.69) is 5.32 Å². The first kappa shape index (κ1) is 20.5. The van der Waals surface area contributed by atoms with E-state index >= 15 is 0 Å². The molecule has 0 fully saturated rings. The first-order valence-electron chi connectivity index (χ1n) is 8.98.